The molecular weight excluding hydrogens is 391 g/mol. The van der Waals surface area contributed by atoms with Gasteiger partial charge in [0.15, 0.2) is 11.6 Å². The molecular formula is C23H24ClFN2O2. The van der Waals surface area contributed by atoms with Gasteiger partial charge in [0.1, 0.15) is 6.10 Å². The average molecular weight is 415 g/mol. The number of nitrogens with one attached hydrogen (secondary N) is 1. The summed E-state index contributed by atoms with van der Waals surface area (Å²) in [6.07, 6.45) is 4.08. The molecule has 4 nitrogen and oxygen atoms in total. The van der Waals surface area contributed by atoms with E-state index < -0.39 is 5.82 Å². The number of nitrogens with zero attached hydrogens (tertiary/aromatic N) is 1. The lowest BCUT2D eigenvalue weighted by Crippen LogP contribution is -2.37. The van der Waals surface area contributed by atoms with Crippen LogP contribution in [0.15, 0.2) is 47.4 Å². The summed E-state index contributed by atoms with van der Waals surface area (Å²) in [5, 5.41) is 1.87. The predicted octanol–water partition coefficient (Wildman–Crippen LogP) is 4.93. The second-order valence-electron chi connectivity index (χ2n) is 7.54. The fraction of sp³-hybridized carbons (Fsp3) is 0.348. The molecule has 3 aromatic rings. The number of rotatable bonds is 5. The fourth-order valence-corrected chi connectivity index (χ4v) is 4.04. The van der Waals surface area contributed by atoms with Crippen LogP contribution in [-0.2, 0) is 13.0 Å². The quantitative estimate of drug-likeness (QED) is 0.644. The minimum atomic E-state index is -0.486. The van der Waals surface area contributed by atoms with Gasteiger partial charge in [-0.15, -0.1) is 0 Å². The summed E-state index contributed by atoms with van der Waals surface area (Å²) < 4.78 is 20.6. The molecule has 6 heteroatoms. The molecule has 0 saturated carbocycles. The Morgan fingerprint density at radius 1 is 1.17 bits per heavy atom. The first-order valence-corrected chi connectivity index (χ1v) is 10.4. The number of aromatic nitrogens is 1. The van der Waals surface area contributed by atoms with Gasteiger partial charge in [0.05, 0.1) is 5.39 Å². The van der Waals surface area contributed by atoms with Crippen LogP contribution in [0.5, 0.6) is 5.75 Å². The van der Waals surface area contributed by atoms with Crippen molar-refractivity contribution in [3.05, 3.63) is 74.9 Å². The molecule has 0 aliphatic carbocycles. The molecule has 2 heterocycles. The molecule has 0 atom stereocenters. The number of benzene rings is 2. The SMILES string of the molecule is CCc1c[nH]c(=O)c2cc(F)c(OC3CCN(Cc4ccc(Cl)cc4)CC3)cc12. The van der Waals surface area contributed by atoms with Crippen molar-refractivity contribution in [2.45, 2.75) is 38.8 Å². The van der Waals surface area contributed by atoms with E-state index in [-0.39, 0.29) is 17.4 Å². The number of aryl methyl sites for hydroxylation is 1. The highest BCUT2D eigenvalue weighted by Crippen LogP contribution is 2.28. The Kier molecular flexibility index (Phi) is 5.88. The Morgan fingerprint density at radius 2 is 1.90 bits per heavy atom. The van der Waals surface area contributed by atoms with Gasteiger partial charge in [0.25, 0.3) is 5.56 Å². The molecule has 0 spiro atoms. The molecule has 1 N–H and O–H groups in total. The van der Waals surface area contributed by atoms with E-state index >= 15 is 0 Å². The molecule has 152 valence electrons. The van der Waals surface area contributed by atoms with E-state index in [9.17, 15) is 9.18 Å². The zero-order chi connectivity index (χ0) is 20.4. The molecule has 0 amide bonds. The summed E-state index contributed by atoms with van der Waals surface area (Å²) in [5.74, 6) is -0.256. The number of aromatic amines is 1. The standard InChI is InChI=1S/C23H24ClFN2O2/c1-2-16-13-26-23(28)20-11-21(25)22(12-19(16)20)29-18-7-9-27(10-8-18)14-15-3-5-17(24)6-4-15/h3-6,11-13,18H,2,7-10,14H2,1H3,(H,26,28). The lowest BCUT2D eigenvalue weighted by Gasteiger charge is -2.32. The molecule has 2 aromatic carbocycles. The summed E-state index contributed by atoms with van der Waals surface area (Å²) in [6, 6.07) is 10.9. The smallest absolute Gasteiger partial charge is 0.255 e. The molecule has 1 aliphatic heterocycles. The Balaban J connectivity index is 1.44. The summed E-state index contributed by atoms with van der Waals surface area (Å²) in [4.78, 5) is 17.1. The van der Waals surface area contributed by atoms with Gasteiger partial charge >= 0.3 is 0 Å². The van der Waals surface area contributed by atoms with Crippen LogP contribution in [0, 0.1) is 5.82 Å². The zero-order valence-electron chi connectivity index (χ0n) is 16.4. The van der Waals surface area contributed by atoms with Crippen LogP contribution in [0.25, 0.3) is 10.8 Å². The predicted molar refractivity (Wildman–Crippen MR) is 114 cm³/mol. The Labute approximate surface area is 174 Å². The molecule has 0 unspecified atom stereocenters. The van der Waals surface area contributed by atoms with Crippen molar-refractivity contribution in [3.8, 4) is 5.75 Å². The molecule has 4 rings (SSSR count). The van der Waals surface area contributed by atoms with Crippen molar-refractivity contribution in [2.24, 2.45) is 0 Å². The van der Waals surface area contributed by atoms with Crippen LogP contribution in [0.2, 0.25) is 5.02 Å². The van der Waals surface area contributed by atoms with Gasteiger partial charge in [-0.3, -0.25) is 9.69 Å². The largest absolute Gasteiger partial charge is 0.487 e. The highest BCUT2D eigenvalue weighted by atomic mass is 35.5. The van der Waals surface area contributed by atoms with Crippen molar-refractivity contribution >= 4 is 22.4 Å². The lowest BCUT2D eigenvalue weighted by molar-refractivity contribution is 0.0937. The van der Waals surface area contributed by atoms with E-state index in [1.807, 2.05) is 31.2 Å². The van der Waals surface area contributed by atoms with Crippen molar-refractivity contribution in [2.75, 3.05) is 13.1 Å². The van der Waals surface area contributed by atoms with Gasteiger partial charge in [-0.05, 0) is 60.0 Å². The number of piperidine rings is 1. The number of halogens is 2. The second kappa shape index (κ2) is 8.56. The van der Waals surface area contributed by atoms with E-state index in [0.717, 1.165) is 54.9 Å². The van der Waals surface area contributed by atoms with Gasteiger partial charge in [-0.25, -0.2) is 4.39 Å². The first-order chi connectivity index (χ1) is 14.0. The number of ether oxygens (including phenoxy) is 1. The topological polar surface area (TPSA) is 45.3 Å². The third-order valence-electron chi connectivity index (χ3n) is 5.57. The van der Waals surface area contributed by atoms with Crippen molar-refractivity contribution in [3.63, 3.8) is 0 Å². The number of hydrogen-bond acceptors (Lipinski definition) is 3. The Morgan fingerprint density at radius 3 is 2.59 bits per heavy atom. The van der Waals surface area contributed by atoms with Crippen molar-refractivity contribution in [1.29, 1.82) is 0 Å². The highest BCUT2D eigenvalue weighted by molar-refractivity contribution is 6.30. The van der Waals surface area contributed by atoms with Crippen LogP contribution in [0.1, 0.15) is 30.9 Å². The minimum absolute atomic E-state index is 0.0320. The summed E-state index contributed by atoms with van der Waals surface area (Å²) >= 11 is 5.95. The third kappa shape index (κ3) is 4.46. The lowest BCUT2D eigenvalue weighted by atomic mass is 10.0. The van der Waals surface area contributed by atoms with E-state index in [4.69, 9.17) is 16.3 Å². The first kappa shape index (κ1) is 19.9. The maximum Gasteiger partial charge on any atom is 0.255 e. The number of pyridine rings is 1. The highest BCUT2D eigenvalue weighted by Gasteiger charge is 2.22. The zero-order valence-corrected chi connectivity index (χ0v) is 17.1. The first-order valence-electron chi connectivity index (χ1n) is 10.0. The minimum Gasteiger partial charge on any atom is -0.487 e. The second-order valence-corrected chi connectivity index (χ2v) is 7.98. The van der Waals surface area contributed by atoms with Crippen molar-refractivity contribution < 1.29 is 9.13 Å². The number of likely N-dealkylation sites (tertiary alicyclic amines) is 1. The summed E-state index contributed by atoms with van der Waals surface area (Å²) in [6.45, 7) is 4.66. The van der Waals surface area contributed by atoms with Gasteiger partial charge < -0.3 is 9.72 Å². The van der Waals surface area contributed by atoms with E-state index in [2.05, 4.69) is 9.88 Å². The number of hydrogen-bond donors (Lipinski definition) is 1. The van der Waals surface area contributed by atoms with Gasteiger partial charge in [-0.2, -0.15) is 0 Å². The van der Waals surface area contributed by atoms with Gasteiger partial charge in [0.2, 0.25) is 0 Å². The Bertz CT molecular complexity index is 1060. The number of fused-ring (bicyclic) bond motifs is 1. The molecule has 0 radical (unpaired) electrons. The molecule has 0 bridgehead atoms. The monoisotopic (exact) mass is 414 g/mol. The van der Waals surface area contributed by atoms with Crippen LogP contribution in [0.3, 0.4) is 0 Å². The number of H-pyrrole nitrogens is 1. The molecule has 29 heavy (non-hydrogen) atoms. The third-order valence-corrected chi connectivity index (χ3v) is 5.82. The van der Waals surface area contributed by atoms with Crippen LogP contribution in [-0.4, -0.2) is 29.1 Å². The maximum absolute atomic E-state index is 14.6. The molecule has 1 saturated heterocycles. The van der Waals surface area contributed by atoms with Crippen LogP contribution < -0.4 is 10.3 Å². The Hall–Kier alpha value is -2.37. The van der Waals surface area contributed by atoms with Gasteiger partial charge in [-0.1, -0.05) is 30.7 Å². The molecule has 1 aromatic heterocycles. The summed E-state index contributed by atoms with van der Waals surface area (Å²) in [5.41, 5.74) is 1.92. The maximum atomic E-state index is 14.6. The van der Waals surface area contributed by atoms with Crippen LogP contribution in [0.4, 0.5) is 4.39 Å². The summed E-state index contributed by atoms with van der Waals surface area (Å²) in [7, 11) is 0. The normalized spacial score (nSPS) is 15.7. The van der Waals surface area contributed by atoms with E-state index in [1.54, 1.807) is 12.3 Å². The average Bonchev–Trinajstić information content (AvgIpc) is 2.73. The van der Waals surface area contributed by atoms with Crippen molar-refractivity contribution in [1.82, 2.24) is 9.88 Å². The molecule has 1 fully saturated rings. The van der Waals surface area contributed by atoms with E-state index in [1.165, 1.54) is 11.6 Å². The molecule has 1 aliphatic rings. The van der Waals surface area contributed by atoms with E-state index in [0.29, 0.717) is 5.39 Å². The fourth-order valence-electron chi connectivity index (χ4n) is 3.91. The van der Waals surface area contributed by atoms with Gasteiger partial charge in [0, 0.05) is 30.9 Å². The van der Waals surface area contributed by atoms with Crippen LogP contribution >= 0.6 is 11.6 Å².